The van der Waals surface area contributed by atoms with E-state index in [1.54, 1.807) is 6.20 Å². The van der Waals surface area contributed by atoms with Crippen LogP contribution in [0, 0.1) is 0 Å². The first-order valence-electron chi connectivity index (χ1n) is 9.58. The molecule has 1 amide bonds. The van der Waals surface area contributed by atoms with Gasteiger partial charge in [-0.3, -0.25) is 0 Å². The third-order valence-corrected chi connectivity index (χ3v) is 4.09. The summed E-state index contributed by atoms with van der Waals surface area (Å²) in [7, 11) is 0. The molecular weight excluding hydrogens is 344 g/mol. The number of nitrogens with two attached hydrogens (primary N) is 1. The molecule has 1 aromatic heterocycles. The van der Waals surface area contributed by atoms with Gasteiger partial charge in [-0.05, 0) is 67.2 Å². The Labute approximate surface area is 162 Å². The average Bonchev–Trinajstić information content (AvgIpc) is 2.49. The van der Waals surface area contributed by atoms with Crippen LogP contribution < -0.4 is 21.7 Å². The van der Waals surface area contributed by atoms with Crippen LogP contribution in [0.2, 0.25) is 0 Å². The summed E-state index contributed by atoms with van der Waals surface area (Å²) >= 11 is 0. The fraction of sp³-hybridized carbons (Fsp3) is 0.737. The molecule has 0 spiro atoms. The molecule has 0 aromatic carbocycles. The molecule has 1 aliphatic carbocycles. The minimum Gasteiger partial charge on any atom is -0.444 e. The number of nitrogens with one attached hydrogen (secondary N) is 3. The van der Waals surface area contributed by atoms with E-state index in [0.717, 1.165) is 25.7 Å². The molecule has 1 aromatic rings. The van der Waals surface area contributed by atoms with E-state index in [4.69, 9.17) is 10.5 Å². The fourth-order valence-electron chi connectivity index (χ4n) is 2.95. The molecule has 27 heavy (non-hydrogen) atoms. The summed E-state index contributed by atoms with van der Waals surface area (Å²) in [6.45, 7) is 11.8. The summed E-state index contributed by atoms with van der Waals surface area (Å²) in [5.41, 5.74) is 5.96. The van der Waals surface area contributed by atoms with Gasteiger partial charge >= 0.3 is 6.09 Å². The smallest absolute Gasteiger partial charge is 0.407 e. The van der Waals surface area contributed by atoms with Gasteiger partial charge in [-0.15, -0.1) is 0 Å². The van der Waals surface area contributed by atoms with Crippen molar-refractivity contribution >= 4 is 23.5 Å². The quantitative estimate of drug-likeness (QED) is 0.634. The Hall–Kier alpha value is -2.25. The maximum atomic E-state index is 11.9. The predicted molar refractivity (Wildman–Crippen MR) is 109 cm³/mol. The van der Waals surface area contributed by atoms with Gasteiger partial charge in [0.15, 0.2) is 5.82 Å². The molecule has 0 radical (unpaired) electrons. The molecular formula is C19H34N6O2. The van der Waals surface area contributed by atoms with Crippen molar-refractivity contribution in [2.24, 2.45) is 0 Å². The zero-order chi connectivity index (χ0) is 20.2. The molecule has 1 heterocycles. The maximum absolute atomic E-state index is 11.9. The van der Waals surface area contributed by atoms with Crippen molar-refractivity contribution in [2.75, 3.05) is 16.4 Å². The molecule has 8 nitrogen and oxygen atoms in total. The number of anilines is 3. The summed E-state index contributed by atoms with van der Waals surface area (Å²) < 4.78 is 5.33. The third kappa shape index (κ3) is 7.48. The van der Waals surface area contributed by atoms with Crippen molar-refractivity contribution in [3.05, 3.63) is 6.20 Å². The number of hydrogen-bond acceptors (Lipinski definition) is 7. The molecule has 0 aliphatic heterocycles. The lowest BCUT2D eigenvalue weighted by molar-refractivity contribution is 0.0492. The first-order valence-corrected chi connectivity index (χ1v) is 9.58. The number of nitrogens with zero attached hydrogens (tertiary/aromatic N) is 2. The van der Waals surface area contributed by atoms with Crippen LogP contribution in [-0.4, -0.2) is 39.3 Å². The number of carbonyl (C=O) groups excluding carboxylic acids is 1. The van der Waals surface area contributed by atoms with Gasteiger partial charge in [0.1, 0.15) is 5.60 Å². The monoisotopic (exact) mass is 378 g/mol. The topological polar surface area (TPSA) is 114 Å². The molecule has 1 aliphatic rings. The molecule has 2 rings (SSSR count). The minimum absolute atomic E-state index is 0.126. The summed E-state index contributed by atoms with van der Waals surface area (Å²) in [5.74, 6) is 1.21. The Balaban J connectivity index is 1.87. The van der Waals surface area contributed by atoms with Crippen LogP contribution in [0.15, 0.2) is 6.20 Å². The predicted octanol–water partition coefficient (Wildman–Crippen LogP) is 3.52. The van der Waals surface area contributed by atoms with E-state index in [0.29, 0.717) is 17.5 Å². The highest BCUT2D eigenvalue weighted by molar-refractivity contribution is 5.68. The fourth-order valence-corrected chi connectivity index (χ4v) is 2.95. The van der Waals surface area contributed by atoms with Crippen molar-refractivity contribution in [1.29, 1.82) is 0 Å². The summed E-state index contributed by atoms with van der Waals surface area (Å²) in [6, 6.07) is 0.403. The number of aromatic nitrogens is 2. The lowest BCUT2D eigenvalue weighted by Gasteiger charge is -2.31. The molecule has 0 bridgehead atoms. The van der Waals surface area contributed by atoms with E-state index < -0.39 is 5.60 Å². The summed E-state index contributed by atoms with van der Waals surface area (Å²) in [4.78, 5) is 20.7. The number of nitrogen functional groups attached to an aromatic ring is 1. The van der Waals surface area contributed by atoms with Crippen LogP contribution in [0.25, 0.3) is 0 Å². The minimum atomic E-state index is -0.480. The van der Waals surface area contributed by atoms with Crippen LogP contribution in [-0.2, 0) is 4.74 Å². The van der Waals surface area contributed by atoms with Gasteiger partial charge in [0.05, 0.1) is 11.9 Å². The molecule has 1 fully saturated rings. The van der Waals surface area contributed by atoms with Gasteiger partial charge in [-0.2, -0.15) is 4.98 Å². The van der Waals surface area contributed by atoms with E-state index >= 15 is 0 Å². The van der Waals surface area contributed by atoms with Crippen LogP contribution in [0.5, 0.6) is 0 Å². The van der Waals surface area contributed by atoms with Crippen LogP contribution in [0.1, 0.15) is 67.2 Å². The molecule has 0 unspecified atom stereocenters. The van der Waals surface area contributed by atoms with Gasteiger partial charge in [-0.1, -0.05) is 0 Å². The zero-order valence-corrected chi connectivity index (χ0v) is 17.3. The summed E-state index contributed by atoms with van der Waals surface area (Å²) in [6.07, 6.45) is 4.89. The molecule has 5 N–H and O–H groups in total. The normalized spacial score (nSPS) is 20.7. The second-order valence-electron chi connectivity index (χ2n) is 9.21. The van der Waals surface area contributed by atoms with Gasteiger partial charge in [0.25, 0.3) is 0 Å². The number of hydrogen-bond donors (Lipinski definition) is 4. The van der Waals surface area contributed by atoms with Crippen molar-refractivity contribution in [1.82, 2.24) is 15.3 Å². The average molecular weight is 379 g/mol. The lowest BCUT2D eigenvalue weighted by atomic mass is 9.91. The highest BCUT2D eigenvalue weighted by atomic mass is 16.6. The first kappa shape index (κ1) is 21.1. The van der Waals surface area contributed by atoms with Crippen LogP contribution in [0.3, 0.4) is 0 Å². The largest absolute Gasteiger partial charge is 0.444 e. The van der Waals surface area contributed by atoms with Gasteiger partial charge in [0.2, 0.25) is 5.95 Å². The Kier molecular flexibility index (Phi) is 6.38. The van der Waals surface area contributed by atoms with Crippen LogP contribution in [0.4, 0.5) is 22.2 Å². The van der Waals surface area contributed by atoms with E-state index in [2.05, 4.69) is 46.7 Å². The highest BCUT2D eigenvalue weighted by Gasteiger charge is 2.25. The molecule has 8 heteroatoms. The van der Waals surface area contributed by atoms with Crippen molar-refractivity contribution in [3.63, 3.8) is 0 Å². The first-order chi connectivity index (χ1) is 12.4. The molecule has 152 valence electrons. The second-order valence-corrected chi connectivity index (χ2v) is 9.21. The van der Waals surface area contributed by atoms with Crippen LogP contribution >= 0.6 is 0 Å². The van der Waals surface area contributed by atoms with E-state index in [9.17, 15) is 4.79 Å². The molecule has 1 saturated carbocycles. The van der Waals surface area contributed by atoms with Crippen molar-refractivity contribution < 1.29 is 9.53 Å². The third-order valence-electron chi connectivity index (χ3n) is 4.09. The number of carbonyl (C=O) groups is 1. The number of rotatable bonds is 4. The Morgan fingerprint density at radius 2 is 1.70 bits per heavy atom. The van der Waals surface area contributed by atoms with Gasteiger partial charge in [0, 0.05) is 17.6 Å². The summed E-state index contributed by atoms with van der Waals surface area (Å²) in [5, 5.41) is 9.64. The number of ether oxygens (including phenoxy) is 1. The Morgan fingerprint density at radius 1 is 1.11 bits per heavy atom. The number of amides is 1. The maximum Gasteiger partial charge on any atom is 0.407 e. The Bertz CT molecular complexity index is 643. The van der Waals surface area contributed by atoms with Crippen molar-refractivity contribution in [2.45, 2.75) is 90.4 Å². The SMILES string of the molecule is CC(C)(C)Nc1ncc(N)c(NC2CCC(NC(=O)OC(C)(C)C)CC2)n1. The lowest BCUT2D eigenvalue weighted by Crippen LogP contribution is -2.42. The second kappa shape index (κ2) is 8.19. The number of alkyl carbamates (subject to hydrolysis) is 1. The zero-order valence-electron chi connectivity index (χ0n) is 17.3. The molecule has 0 atom stereocenters. The van der Waals surface area contributed by atoms with E-state index in [1.807, 2.05) is 20.8 Å². The van der Waals surface area contributed by atoms with E-state index in [1.165, 1.54) is 0 Å². The van der Waals surface area contributed by atoms with Gasteiger partial charge in [-0.25, -0.2) is 9.78 Å². The van der Waals surface area contributed by atoms with E-state index in [-0.39, 0.29) is 23.7 Å². The Morgan fingerprint density at radius 3 is 2.26 bits per heavy atom. The van der Waals surface area contributed by atoms with Crippen molar-refractivity contribution in [3.8, 4) is 0 Å². The molecule has 0 saturated heterocycles. The standard InChI is InChI=1S/C19H34N6O2/c1-18(2,3)25-16-21-11-14(20)15(24-16)22-12-7-9-13(10-8-12)23-17(26)27-19(4,5)6/h11-13H,7-10,20H2,1-6H3,(H,23,26)(H2,21,22,24,25). The highest BCUT2D eigenvalue weighted by Crippen LogP contribution is 2.25. The van der Waals surface area contributed by atoms with Gasteiger partial charge < -0.3 is 26.4 Å².